The van der Waals surface area contributed by atoms with E-state index in [2.05, 4.69) is 26.1 Å². The van der Waals surface area contributed by atoms with Crippen LogP contribution < -0.4 is 10.1 Å². The molecule has 2 atom stereocenters. The minimum atomic E-state index is -1.04. The van der Waals surface area contributed by atoms with Gasteiger partial charge in [-0.1, -0.05) is 39.0 Å². The molecular formula is C19H27NO5. The topological polar surface area (TPSA) is 84.9 Å². The average Bonchev–Trinajstić information content (AvgIpc) is 2.58. The lowest BCUT2D eigenvalue weighted by molar-refractivity contribution is -0.145. The molecular weight excluding hydrogens is 322 g/mol. The Hall–Kier alpha value is -2.08. The van der Waals surface area contributed by atoms with Gasteiger partial charge in [-0.05, 0) is 29.9 Å². The zero-order chi connectivity index (χ0) is 18.4. The van der Waals surface area contributed by atoms with Gasteiger partial charge in [-0.2, -0.15) is 0 Å². The van der Waals surface area contributed by atoms with Gasteiger partial charge in [0.2, 0.25) is 0 Å². The SMILES string of the molecule is CC(C)(C)c1ccccc1OCC(=O)NC(C(=O)O)C1CCCOC1. The van der Waals surface area contributed by atoms with Crippen LogP contribution in [0, 0.1) is 5.92 Å². The standard InChI is InChI=1S/C19H27NO5/c1-19(2,3)14-8-4-5-9-15(14)25-12-16(21)20-17(18(22)23)13-7-6-10-24-11-13/h4-5,8-9,13,17H,6-7,10-12H2,1-3H3,(H,20,21)(H,22,23). The molecule has 0 spiro atoms. The highest BCUT2D eigenvalue weighted by Gasteiger charge is 2.31. The second kappa shape index (κ2) is 8.34. The lowest BCUT2D eigenvalue weighted by atomic mass is 9.86. The average molecular weight is 349 g/mol. The molecule has 1 aromatic rings. The molecule has 25 heavy (non-hydrogen) atoms. The van der Waals surface area contributed by atoms with E-state index in [4.69, 9.17) is 9.47 Å². The van der Waals surface area contributed by atoms with Crippen LogP contribution in [0.25, 0.3) is 0 Å². The Balaban J connectivity index is 1.97. The quantitative estimate of drug-likeness (QED) is 0.823. The fraction of sp³-hybridized carbons (Fsp3) is 0.579. The minimum Gasteiger partial charge on any atom is -0.483 e. The van der Waals surface area contributed by atoms with Crippen LogP contribution in [0.4, 0.5) is 0 Å². The number of carboxylic acids is 1. The highest BCUT2D eigenvalue weighted by Crippen LogP contribution is 2.30. The monoisotopic (exact) mass is 349 g/mol. The second-order valence-corrected chi connectivity index (χ2v) is 7.40. The third-order valence-electron chi connectivity index (χ3n) is 4.30. The van der Waals surface area contributed by atoms with Crippen molar-refractivity contribution in [1.29, 1.82) is 0 Å². The van der Waals surface area contributed by atoms with Crippen molar-refractivity contribution >= 4 is 11.9 Å². The molecule has 6 heteroatoms. The molecule has 0 saturated carbocycles. The minimum absolute atomic E-state index is 0.115. The molecule has 0 bridgehead atoms. The highest BCUT2D eigenvalue weighted by molar-refractivity contribution is 5.84. The number of hydrogen-bond donors (Lipinski definition) is 2. The summed E-state index contributed by atoms with van der Waals surface area (Å²) < 4.78 is 11.0. The highest BCUT2D eigenvalue weighted by atomic mass is 16.5. The van der Waals surface area contributed by atoms with E-state index in [0.29, 0.717) is 19.0 Å². The lowest BCUT2D eigenvalue weighted by Gasteiger charge is -2.28. The first-order valence-corrected chi connectivity index (χ1v) is 8.61. The number of nitrogens with one attached hydrogen (secondary N) is 1. The van der Waals surface area contributed by atoms with Gasteiger partial charge in [-0.25, -0.2) is 4.79 Å². The smallest absolute Gasteiger partial charge is 0.326 e. The van der Waals surface area contributed by atoms with Gasteiger partial charge in [0.05, 0.1) is 6.61 Å². The van der Waals surface area contributed by atoms with Crippen molar-refractivity contribution in [2.24, 2.45) is 5.92 Å². The molecule has 0 radical (unpaired) electrons. The van der Waals surface area contributed by atoms with E-state index >= 15 is 0 Å². The molecule has 2 unspecified atom stereocenters. The number of rotatable bonds is 6. The number of benzene rings is 1. The molecule has 1 saturated heterocycles. The first-order chi connectivity index (χ1) is 11.8. The van der Waals surface area contributed by atoms with Crippen molar-refractivity contribution in [2.75, 3.05) is 19.8 Å². The molecule has 2 N–H and O–H groups in total. The molecule has 1 aromatic carbocycles. The Labute approximate surface area is 148 Å². The third kappa shape index (κ3) is 5.46. The number of carbonyl (C=O) groups excluding carboxylic acids is 1. The van der Waals surface area contributed by atoms with Gasteiger partial charge in [0.15, 0.2) is 6.61 Å². The Morgan fingerprint density at radius 1 is 1.36 bits per heavy atom. The molecule has 1 aliphatic heterocycles. The summed E-state index contributed by atoms with van der Waals surface area (Å²) in [7, 11) is 0. The van der Waals surface area contributed by atoms with Crippen molar-refractivity contribution in [3.63, 3.8) is 0 Å². The van der Waals surface area contributed by atoms with Crippen LogP contribution in [-0.2, 0) is 19.7 Å². The summed E-state index contributed by atoms with van der Waals surface area (Å²) in [6, 6.07) is 6.61. The Morgan fingerprint density at radius 2 is 2.08 bits per heavy atom. The number of hydrogen-bond acceptors (Lipinski definition) is 4. The molecule has 1 aliphatic rings. The fourth-order valence-corrected chi connectivity index (χ4v) is 2.98. The van der Waals surface area contributed by atoms with Crippen molar-refractivity contribution in [2.45, 2.75) is 45.1 Å². The summed E-state index contributed by atoms with van der Waals surface area (Å²) in [6.07, 6.45) is 1.53. The molecule has 0 aromatic heterocycles. The van der Waals surface area contributed by atoms with Gasteiger partial charge >= 0.3 is 5.97 Å². The Bertz CT molecular complexity index is 602. The number of carboxylic acid groups (broad SMARTS) is 1. The maximum absolute atomic E-state index is 12.2. The van der Waals surface area contributed by atoms with Crippen LogP contribution in [0.5, 0.6) is 5.75 Å². The van der Waals surface area contributed by atoms with E-state index in [1.165, 1.54) is 0 Å². The van der Waals surface area contributed by atoms with E-state index in [1.807, 2.05) is 24.3 Å². The Morgan fingerprint density at radius 3 is 2.68 bits per heavy atom. The molecule has 1 amide bonds. The third-order valence-corrected chi connectivity index (χ3v) is 4.30. The van der Waals surface area contributed by atoms with Crippen LogP contribution in [0.2, 0.25) is 0 Å². The number of carbonyl (C=O) groups is 2. The molecule has 1 heterocycles. The first kappa shape index (κ1) is 19.2. The van der Waals surface area contributed by atoms with Gasteiger partial charge < -0.3 is 19.9 Å². The van der Waals surface area contributed by atoms with Crippen molar-refractivity contribution in [3.8, 4) is 5.75 Å². The largest absolute Gasteiger partial charge is 0.483 e. The summed E-state index contributed by atoms with van der Waals surface area (Å²) in [5.74, 6) is -1.06. The number of para-hydroxylation sites is 1. The summed E-state index contributed by atoms with van der Waals surface area (Å²) >= 11 is 0. The van der Waals surface area contributed by atoms with E-state index in [-0.39, 0.29) is 17.9 Å². The lowest BCUT2D eigenvalue weighted by Crippen LogP contribution is -2.49. The zero-order valence-corrected chi connectivity index (χ0v) is 15.1. The van der Waals surface area contributed by atoms with Crippen molar-refractivity contribution in [3.05, 3.63) is 29.8 Å². The van der Waals surface area contributed by atoms with Gasteiger partial charge in [0.1, 0.15) is 11.8 Å². The summed E-state index contributed by atoms with van der Waals surface area (Å²) in [6.45, 7) is 6.98. The summed E-state index contributed by atoms with van der Waals surface area (Å²) in [4.78, 5) is 23.7. The zero-order valence-electron chi connectivity index (χ0n) is 15.1. The maximum Gasteiger partial charge on any atom is 0.326 e. The van der Waals surface area contributed by atoms with Gasteiger partial charge in [0.25, 0.3) is 5.91 Å². The number of ether oxygens (including phenoxy) is 2. The van der Waals surface area contributed by atoms with Crippen LogP contribution in [0.1, 0.15) is 39.2 Å². The maximum atomic E-state index is 12.2. The number of amides is 1. The van der Waals surface area contributed by atoms with Crippen LogP contribution in [-0.4, -0.2) is 42.8 Å². The van der Waals surface area contributed by atoms with E-state index in [0.717, 1.165) is 18.4 Å². The summed E-state index contributed by atoms with van der Waals surface area (Å²) in [5, 5.41) is 12.0. The van der Waals surface area contributed by atoms with Gasteiger partial charge in [-0.3, -0.25) is 4.79 Å². The molecule has 138 valence electrons. The van der Waals surface area contributed by atoms with E-state index in [1.54, 1.807) is 0 Å². The van der Waals surface area contributed by atoms with E-state index < -0.39 is 17.9 Å². The van der Waals surface area contributed by atoms with Crippen LogP contribution in [0.15, 0.2) is 24.3 Å². The summed E-state index contributed by atoms with van der Waals surface area (Å²) in [5.41, 5.74) is 0.883. The second-order valence-electron chi connectivity index (χ2n) is 7.40. The predicted octanol–water partition coefficient (Wildman–Crippen LogP) is 2.36. The first-order valence-electron chi connectivity index (χ1n) is 8.61. The molecule has 6 nitrogen and oxygen atoms in total. The van der Waals surface area contributed by atoms with Gasteiger partial charge in [-0.15, -0.1) is 0 Å². The van der Waals surface area contributed by atoms with E-state index in [9.17, 15) is 14.7 Å². The van der Waals surface area contributed by atoms with Crippen LogP contribution >= 0.6 is 0 Å². The normalized spacial score (nSPS) is 19.1. The van der Waals surface area contributed by atoms with Crippen molar-refractivity contribution in [1.82, 2.24) is 5.32 Å². The predicted molar refractivity (Wildman–Crippen MR) is 93.7 cm³/mol. The fourth-order valence-electron chi connectivity index (χ4n) is 2.98. The van der Waals surface area contributed by atoms with Crippen molar-refractivity contribution < 1.29 is 24.2 Å². The number of aliphatic carboxylic acids is 1. The molecule has 1 fully saturated rings. The Kier molecular flexibility index (Phi) is 6.42. The molecule has 0 aliphatic carbocycles. The van der Waals surface area contributed by atoms with Gasteiger partial charge in [0, 0.05) is 12.5 Å². The molecule has 2 rings (SSSR count). The van der Waals surface area contributed by atoms with Crippen LogP contribution in [0.3, 0.4) is 0 Å².